The van der Waals surface area contributed by atoms with E-state index in [9.17, 15) is 9.90 Å². The zero-order valence-corrected chi connectivity index (χ0v) is 18.2. The maximum Gasteiger partial charge on any atom is 0.271 e. The molecule has 0 aliphatic carbocycles. The molecule has 0 aliphatic rings. The van der Waals surface area contributed by atoms with Gasteiger partial charge in [0, 0.05) is 15.5 Å². The molecule has 1 aromatic heterocycles. The van der Waals surface area contributed by atoms with Gasteiger partial charge in [-0.2, -0.15) is 5.10 Å². The SMILES string of the molecule is O=C(N/N=C\c1ccc(Sc2ccc(Cl)cc2)o1)c1cc(Br)c(O)c(Br)c1. The minimum absolute atomic E-state index is 0.0244. The Morgan fingerprint density at radius 1 is 1.15 bits per heavy atom. The summed E-state index contributed by atoms with van der Waals surface area (Å²) in [7, 11) is 0. The third kappa shape index (κ3) is 5.38. The maximum absolute atomic E-state index is 12.1. The summed E-state index contributed by atoms with van der Waals surface area (Å²) < 4.78 is 6.45. The predicted octanol–water partition coefficient (Wildman–Crippen LogP) is 6.08. The highest BCUT2D eigenvalue weighted by Gasteiger charge is 2.11. The number of nitrogens with zero attached hydrogens (tertiary/aromatic N) is 1. The van der Waals surface area contributed by atoms with Gasteiger partial charge >= 0.3 is 0 Å². The molecule has 0 saturated heterocycles. The van der Waals surface area contributed by atoms with Gasteiger partial charge in [-0.1, -0.05) is 23.4 Å². The molecule has 0 spiro atoms. The fraction of sp³-hybridized carbons (Fsp3) is 0. The van der Waals surface area contributed by atoms with Crippen LogP contribution in [-0.2, 0) is 0 Å². The Balaban J connectivity index is 1.61. The van der Waals surface area contributed by atoms with Crippen molar-refractivity contribution in [3.05, 3.63) is 73.8 Å². The molecule has 3 aromatic rings. The van der Waals surface area contributed by atoms with Crippen molar-refractivity contribution < 1.29 is 14.3 Å². The van der Waals surface area contributed by atoms with Gasteiger partial charge in [0.1, 0.15) is 11.5 Å². The van der Waals surface area contributed by atoms with E-state index in [1.54, 1.807) is 6.07 Å². The molecule has 3 rings (SSSR count). The monoisotopic (exact) mass is 528 g/mol. The number of carbonyl (C=O) groups excluding carboxylic acids is 1. The molecule has 0 saturated carbocycles. The third-order valence-corrected chi connectivity index (χ3v) is 5.66. The maximum atomic E-state index is 12.1. The molecular formula is C18H11Br2ClN2O3S. The van der Waals surface area contributed by atoms with Crippen molar-refractivity contribution in [3.63, 3.8) is 0 Å². The molecule has 138 valence electrons. The quantitative estimate of drug-likeness (QED) is 0.310. The van der Waals surface area contributed by atoms with E-state index < -0.39 is 5.91 Å². The van der Waals surface area contributed by atoms with Crippen LogP contribution in [0.5, 0.6) is 5.75 Å². The fourth-order valence-corrected chi connectivity index (χ4v) is 4.08. The minimum Gasteiger partial charge on any atom is -0.506 e. The topological polar surface area (TPSA) is 74.8 Å². The summed E-state index contributed by atoms with van der Waals surface area (Å²) in [4.78, 5) is 13.1. The van der Waals surface area contributed by atoms with Crippen molar-refractivity contribution >= 4 is 67.3 Å². The van der Waals surface area contributed by atoms with Crippen molar-refractivity contribution in [2.75, 3.05) is 0 Å². The first-order valence-corrected chi connectivity index (χ1v) is 10.2. The Labute approximate surface area is 181 Å². The van der Waals surface area contributed by atoms with Gasteiger partial charge < -0.3 is 9.52 Å². The second kappa shape index (κ2) is 8.97. The zero-order valence-electron chi connectivity index (χ0n) is 13.4. The molecule has 0 bridgehead atoms. The summed E-state index contributed by atoms with van der Waals surface area (Å²) >= 11 is 13.7. The molecule has 1 amide bonds. The van der Waals surface area contributed by atoms with Crippen LogP contribution in [0.3, 0.4) is 0 Å². The standard InChI is InChI=1S/C18H11Br2ClN2O3S/c19-14-7-10(8-15(20)17(14)24)18(25)23-22-9-12-3-6-16(26-12)27-13-4-1-11(21)2-5-13/h1-9,24H,(H,23,25)/b22-9-. The summed E-state index contributed by atoms with van der Waals surface area (Å²) in [5.41, 5.74) is 2.75. The van der Waals surface area contributed by atoms with E-state index in [0.717, 1.165) is 4.90 Å². The van der Waals surface area contributed by atoms with Crippen LogP contribution in [0.4, 0.5) is 0 Å². The lowest BCUT2D eigenvalue weighted by Crippen LogP contribution is -2.17. The zero-order chi connectivity index (χ0) is 19.4. The molecule has 0 radical (unpaired) electrons. The van der Waals surface area contributed by atoms with Gasteiger partial charge in [0.05, 0.1) is 15.2 Å². The van der Waals surface area contributed by atoms with Crippen LogP contribution in [0, 0.1) is 0 Å². The van der Waals surface area contributed by atoms with E-state index in [1.807, 2.05) is 30.3 Å². The van der Waals surface area contributed by atoms with Crippen LogP contribution in [-0.4, -0.2) is 17.2 Å². The van der Waals surface area contributed by atoms with Crippen LogP contribution in [0.2, 0.25) is 5.02 Å². The van der Waals surface area contributed by atoms with E-state index in [4.69, 9.17) is 16.0 Å². The number of nitrogens with one attached hydrogen (secondary N) is 1. The Hall–Kier alpha value is -1.74. The number of phenolic OH excluding ortho intramolecular Hbond substituents is 1. The first-order chi connectivity index (χ1) is 12.9. The molecule has 0 atom stereocenters. The number of halogens is 3. The van der Waals surface area contributed by atoms with Gasteiger partial charge in [-0.25, -0.2) is 5.43 Å². The van der Waals surface area contributed by atoms with Gasteiger partial charge in [0.15, 0.2) is 5.09 Å². The molecule has 0 unspecified atom stereocenters. The van der Waals surface area contributed by atoms with Gasteiger partial charge in [0.25, 0.3) is 5.91 Å². The normalized spacial score (nSPS) is 11.1. The number of aromatic hydroxyl groups is 1. The highest BCUT2D eigenvalue weighted by atomic mass is 79.9. The Morgan fingerprint density at radius 3 is 2.48 bits per heavy atom. The van der Waals surface area contributed by atoms with Gasteiger partial charge in [0.2, 0.25) is 0 Å². The van der Waals surface area contributed by atoms with Crippen LogP contribution in [0.25, 0.3) is 0 Å². The number of phenols is 1. The average molecular weight is 531 g/mol. The number of benzene rings is 2. The third-order valence-electron chi connectivity index (χ3n) is 3.27. The summed E-state index contributed by atoms with van der Waals surface area (Å²) in [6.07, 6.45) is 1.41. The van der Waals surface area contributed by atoms with Gasteiger partial charge in [-0.05, 0) is 80.4 Å². The first kappa shape index (κ1) is 20.0. The minimum atomic E-state index is -0.421. The number of rotatable bonds is 5. The number of furan rings is 1. The molecule has 0 fully saturated rings. The lowest BCUT2D eigenvalue weighted by Gasteiger charge is -2.04. The Bertz CT molecular complexity index is 983. The van der Waals surface area contributed by atoms with Crippen LogP contribution >= 0.6 is 55.2 Å². The largest absolute Gasteiger partial charge is 0.506 e. The molecule has 0 aliphatic heterocycles. The molecule has 9 heteroatoms. The number of hydrogen-bond donors (Lipinski definition) is 2. The van der Waals surface area contributed by atoms with Crippen molar-refractivity contribution in [2.45, 2.75) is 9.99 Å². The van der Waals surface area contributed by atoms with Crippen molar-refractivity contribution in [1.29, 1.82) is 0 Å². The summed E-state index contributed by atoms with van der Waals surface area (Å²) in [6.45, 7) is 0. The molecular weight excluding hydrogens is 520 g/mol. The van der Waals surface area contributed by atoms with E-state index >= 15 is 0 Å². The van der Waals surface area contributed by atoms with Crippen LogP contribution in [0.1, 0.15) is 16.1 Å². The predicted molar refractivity (Wildman–Crippen MR) is 113 cm³/mol. The number of amides is 1. The number of hydrogen-bond acceptors (Lipinski definition) is 5. The summed E-state index contributed by atoms with van der Waals surface area (Å²) in [5.74, 6) is 0.103. The molecule has 1 heterocycles. The number of hydrazone groups is 1. The van der Waals surface area contributed by atoms with Gasteiger partial charge in [-0.15, -0.1) is 0 Å². The summed E-state index contributed by atoms with van der Waals surface area (Å²) in [5, 5.41) is 14.9. The van der Waals surface area contributed by atoms with Crippen molar-refractivity contribution in [3.8, 4) is 5.75 Å². The Morgan fingerprint density at radius 2 is 1.81 bits per heavy atom. The van der Waals surface area contributed by atoms with E-state index in [-0.39, 0.29) is 5.75 Å². The lowest BCUT2D eigenvalue weighted by molar-refractivity contribution is 0.0955. The summed E-state index contributed by atoms with van der Waals surface area (Å²) in [6, 6.07) is 14.0. The smallest absolute Gasteiger partial charge is 0.271 e. The van der Waals surface area contributed by atoms with Crippen LogP contribution < -0.4 is 5.43 Å². The molecule has 27 heavy (non-hydrogen) atoms. The fourth-order valence-electron chi connectivity index (χ4n) is 1.99. The molecule has 2 N–H and O–H groups in total. The highest BCUT2D eigenvalue weighted by molar-refractivity contribution is 9.11. The average Bonchev–Trinajstić information content (AvgIpc) is 3.08. The Kier molecular flexibility index (Phi) is 6.64. The van der Waals surface area contributed by atoms with E-state index in [0.29, 0.717) is 30.4 Å². The van der Waals surface area contributed by atoms with Crippen molar-refractivity contribution in [1.82, 2.24) is 5.43 Å². The second-order valence-electron chi connectivity index (χ2n) is 5.20. The highest BCUT2D eigenvalue weighted by Crippen LogP contribution is 2.33. The molecule has 5 nitrogen and oxygen atoms in total. The molecule has 2 aromatic carbocycles. The van der Waals surface area contributed by atoms with Gasteiger partial charge in [-0.3, -0.25) is 4.79 Å². The van der Waals surface area contributed by atoms with Crippen molar-refractivity contribution in [2.24, 2.45) is 5.10 Å². The van der Waals surface area contributed by atoms with E-state index in [1.165, 1.54) is 30.1 Å². The number of carbonyl (C=O) groups is 1. The van der Waals surface area contributed by atoms with Crippen LogP contribution in [0.15, 0.2) is 77.0 Å². The lowest BCUT2D eigenvalue weighted by atomic mass is 10.2. The first-order valence-electron chi connectivity index (χ1n) is 7.47. The second-order valence-corrected chi connectivity index (χ2v) is 8.42. The van der Waals surface area contributed by atoms with E-state index in [2.05, 4.69) is 42.4 Å².